The molecule has 23 heavy (non-hydrogen) atoms. The molecule has 0 saturated carbocycles. The fraction of sp³-hybridized carbons (Fsp3) is 0.611. The van der Waals surface area contributed by atoms with E-state index in [1.807, 2.05) is 26.0 Å². The van der Waals surface area contributed by atoms with Crippen molar-refractivity contribution in [1.82, 2.24) is 15.1 Å². The lowest BCUT2D eigenvalue weighted by Crippen LogP contribution is -2.45. The third-order valence-electron chi connectivity index (χ3n) is 4.13. The number of piperazine rings is 1. The van der Waals surface area contributed by atoms with E-state index in [1.165, 1.54) is 0 Å². The molecule has 5 heteroatoms. The normalized spacial score (nSPS) is 16.3. The number of ether oxygens (including phenoxy) is 1. The highest BCUT2D eigenvalue weighted by Crippen LogP contribution is 2.15. The molecule has 0 aliphatic carbocycles. The number of nitrogens with one attached hydrogen (secondary N) is 1. The number of amides is 1. The summed E-state index contributed by atoms with van der Waals surface area (Å²) in [6.45, 7) is 10.4. The molecule has 0 spiro atoms. The minimum absolute atomic E-state index is 0.0532. The fourth-order valence-corrected chi connectivity index (χ4v) is 2.82. The van der Waals surface area contributed by atoms with E-state index in [-0.39, 0.29) is 12.5 Å². The van der Waals surface area contributed by atoms with Crippen molar-refractivity contribution < 1.29 is 9.53 Å². The standard InChI is InChI=1S/C18H29N3O2/c1-15-11-16(2)13-17(12-15)23-14-18(22)19-5-4-6-21-9-7-20(3)8-10-21/h11-13H,4-10,14H2,1-3H3,(H,19,22). The van der Waals surface area contributed by atoms with Crippen LogP contribution < -0.4 is 10.1 Å². The quantitative estimate of drug-likeness (QED) is 0.773. The van der Waals surface area contributed by atoms with E-state index in [4.69, 9.17) is 4.74 Å². The Hall–Kier alpha value is -1.59. The van der Waals surface area contributed by atoms with E-state index in [9.17, 15) is 4.79 Å². The number of nitrogens with zero attached hydrogens (tertiary/aromatic N) is 2. The Balaban J connectivity index is 1.58. The molecule has 1 aliphatic heterocycles. The largest absolute Gasteiger partial charge is 0.484 e. The zero-order chi connectivity index (χ0) is 16.7. The summed E-state index contributed by atoms with van der Waals surface area (Å²) in [6, 6.07) is 5.99. The zero-order valence-electron chi connectivity index (χ0n) is 14.6. The highest BCUT2D eigenvalue weighted by Gasteiger charge is 2.12. The molecule has 0 bridgehead atoms. The van der Waals surface area contributed by atoms with Gasteiger partial charge < -0.3 is 19.9 Å². The molecule has 5 nitrogen and oxygen atoms in total. The molecule has 0 radical (unpaired) electrons. The molecular formula is C18H29N3O2. The van der Waals surface area contributed by atoms with Crippen LogP contribution >= 0.6 is 0 Å². The van der Waals surface area contributed by atoms with Crippen molar-refractivity contribution in [2.45, 2.75) is 20.3 Å². The summed E-state index contributed by atoms with van der Waals surface area (Å²) in [4.78, 5) is 16.6. The Labute approximate surface area is 139 Å². The van der Waals surface area contributed by atoms with Crippen LogP contribution in [-0.2, 0) is 4.79 Å². The lowest BCUT2D eigenvalue weighted by Gasteiger charge is -2.32. The first-order valence-electron chi connectivity index (χ1n) is 8.41. The summed E-state index contributed by atoms with van der Waals surface area (Å²) in [6.07, 6.45) is 0.985. The van der Waals surface area contributed by atoms with E-state index in [2.05, 4.69) is 28.2 Å². The lowest BCUT2D eigenvalue weighted by molar-refractivity contribution is -0.123. The summed E-state index contributed by atoms with van der Waals surface area (Å²) in [7, 11) is 2.16. The summed E-state index contributed by atoms with van der Waals surface area (Å²) < 4.78 is 5.56. The van der Waals surface area contributed by atoms with Crippen molar-refractivity contribution in [2.75, 3.05) is 52.9 Å². The molecule has 1 aromatic rings. The Morgan fingerprint density at radius 3 is 2.43 bits per heavy atom. The highest BCUT2D eigenvalue weighted by atomic mass is 16.5. The number of benzene rings is 1. The van der Waals surface area contributed by atoms with E-state index in [0.717, 1.165) is 56.0 Å². The molecule has 1 aliphatic rings. The maximum absolute atomic E-state index is 11.8. The van der Waals surface area contributed by atoms with Gasteiger partial charge in [-0.2, -0.15) is 0 Å². The topological polar surface area (TPSA) is 44.8 Å². The maximum atomic E-state index is 11.8. The predicted octanol–water partition coefficient (Wildman–Crippen LogP) is 1.44. The van der Waals surface area contributed by atoms with Crippen LogP contribution in [0.5, 0.6) is 5.75 Å². The number of likely N-dealkylation sites (N-methyl/N-ethyl adjacent to an activating group) is 1. The molecular weight excluding hydrogens is 290 g/mol. The van der Waals surface area contributed by atoms with Gasteiger partial charge in [0.25, 0.3) is 5.91 Å². The fourth-order valence-electron chi connectivity index (χ4n) is 2.82. The second kappa shape index (κ2) is 8.89. The number of carbonyl (C=O) groups excluding carboxylic acids is 1. The Morgan fingerprint density at radius 1 is 1.13 bits per heavy atom. The third-order valence-corrected chi connectivity index (χ3v) is 4.13. The van der Waals surface area contributed by atoms with Crippen molar-refractivity contribution in [3.05, 3.63) is 29.3 Å². The summed E-state index contributed by atoms with van der Waals surface area (Å²) in [5, 5.41) is 2.93. The minimum Gasteiger partial charge on any atom is -0.484 e. The van der Waals surface area contributed by atoms with E-state index < -0.39 is 0 Å². The summed E-state index contributed by atoms with van der Waals surface area (Å²) >= 11 is 0. The molecule has 0 aromatic heterocycles. The Morgan fingerprint density at radius 2 is 1.78 bits per heavy atom. The molecule has 128 valence electrons. The lowest BCUT2D eigenvalue weighted by atomic mass is 10.1. The maximum Gasteiger partial charge on any atom is 0.257 e. The average molecular weight is 319 g/mol. The molecule has 1 N–H and O–H groups in total. The molecule has 1 aromatic carbocycles. The predicted molar refractivity (Wildman–Crippen MR) is 93.0 cm³/mol. The smallest absolute Gasteiger partial charge is 0.257 e. The molecule has 2 rings (SSSR count). The SMILES string of the molecule is Cc1cc(C)cc(OCC(=O)NCCCN2CCN(C)CC2)c1. The van der Waals surface area contributed by atoms with Crippen LogP contribution in [0, 0.1) is 13.8 Å². The number of hydrogen-bond acceptors (Lipinski definition) is 4. The van der Waals surface area contributed by atoms with Gasteiger partial charge >= 0.3 is 0 Å². The van der Waals surface area contributed by atoms with Gasteiger partial charge in [-0.1, -0.05) is 6.07 Å². The van der Waals surface area contributed by atoms with Gasteiger partial charge in [0.05, 0.1) is 0 Å². The zero-order valence-corrected chi connectivity index (χ0v) is 14.6. The van der Waals surface area contributed by atoms with Crippen LogP contribution in [-0.4, -0.2) is 68.6 Å². The van der Waals surface area contributed by atoms with Gasteiger partial charge in [-0.05, 0) is 57.1 Å². The van der Waals surface area contributed by atoms with Crippen molar-refractivity contribution in [3.8, 4) is 5.75 Å². The molecule has 1 heterocycles. The van der Waals surface area contributed by atoms with Crippen LogP contribution in [0.1, 0.15) is 17.5 Å². The van der Waals surface area contributed by atoms with Crippen LogP contribution in [0.4, 0.5) is 0 Å². The van der Waals surface area contributed by atoms with Gasteiger partial charge in [-0.3, -0.25) is 4.79 Å². The Kier molecular flexibility index (Phi) is 6.86. The van der Waals surface area contributed by atoms with E-state index >= 15 is 0 Å². The molecule has 0 unspecified atom stereocenters. The van der Waals surface area contributed by atoms with Crippen molar-refractivity contribution in [3.63, 3.8) is 0 Å². The summed E-state index contributed by atoms with van der Waals surface area (Å²) in [5.74, 6) is 0.706. The van der Waals surface area contributed by atoms with Gasteiger partial charge in [-0.25, -0.2) is 0 Å². The van der Waals surface area contributed by atoms with Gasteiger partial charge in [0.15, 0.2) is 6.61 Å². The highest BCUT2D eigenvalue weighted by molar-refractivity contribution is 5.77. The number of aryl methyl sites for hydroxylation is 2. The monoisotopic (exact) mass is 319 g/mol. The third kappa shape index (κ3) is 6.59. The van der Waals surface area contributed by atoms with Crippen LogP contribution in [0.3, 0.4) is 0 Å². The van der Waals surface area contributed by atoms with Crippen molar-refractivity contribution >= 4 is 5.91 Å². The molecule has 1 amide bonds. The van der Waals surface area contributed by atoms with Gasteiger partial charge in [0.1, 0.15) is 5.75 Å². The van der Waals surface area contributed by atoms with E-state index in [0.29, 0.717) is 6.54 Å². The second-order valence-electron chi connectivity index (χ2n) is 6.46. The Bertz CT molecular complexity index is 491. The van der Waals surface area contributed by atoms with Gasteiger partial charge in [-0.15, -0.1) is 0 Å². The van der Waals surface area contributed by atoms with Crippen molar-refractivity contribution in [2.24, 2.45) is 0 Å². The summed E-state index contributed by atoms with van der Waals surface area (Å²) in [5.41, 5.74) is 2.29. The van der Waals surface area contributed by atoms with E-state index in [1.54, 1.807) is 0 Å². The number of carbonyl (C=O) groups is 1. The van der Waals surface area contributed by atoms with Crippen LogP contribution in [0.25, 0.3) is 0 Å². The van der Waals surface area contributed by atoms with Crippen LogP contribution in [0.2, 0.25) is 0 Å². The minimum atomic E-state index is -0.0532. The first-order chi connectivity index (χ1) is 11.0. The molecule has 0 atom stereocenters. The number of rotatable bonds is 7. The van der Waals surface area contributed by atoms with Gasteiger partial charge in [0.2, 0.25) is 0 Å². The average Bonchev–Trinajstić information content (AvgIpc) is 2.50. The first kappa shape index (κ1) is 17.8. The van der Waals surface area contributed by atoms with Gasteiger partial charge in [0, 0.05) is 32.7 Å². The number of hydrogen-bond donors (Lipinski definition) is 1. The first-order valence-corrected chi connectivity index (χ1v) is 8.41. The van der Waals surface area contributed by atoms with Crippen molar-refractivity contribution in [1.29, 1.82) is 0 Å². The van der Waals surface area contributed by atoms with Crippen LogP contribution in [0.15, 0.2) is 18.2 Å². The molecule has 1 saturated heterocycles. The molecule has 1 fully saturated rings. The second-order valence-corrected chi connectivity index (χ2v) is 6.46.